The molecule has 6 heteroatoms. The van der Waals surface area contributed by atoms with Crippen molar-refractivity contribution in [3.8, 4) is 28.6 Å². The molecule has 1 aromatic heterocycles. The van der Waals surface area contributed by atoms with Gasteiger partial charge in [-0.25, -0.2) is 0 Å². The van der Waals surface area contributed by atoms with Crippen LogP contribution in [0.5, 0.6) is 17.4 Å². The van der Waals surface area contributed by atoms with Crippen molar-refractivity contribution in [1.82, 2.24) is 15.5 Å². The number of ether oxygens (including phenoxy) is 2. The quantitative estimate of drug-likeness (QED) is 0.663. The first-order valence-corrected chi connectivity index (χ1v) is 9.09. The molecule has 6 nitrogen and oxygen atoms in total. The molecule has 3 rings (SSSR count). The molecule has 0 radical (unpaired) electrons. The lowest BCUT2D eigenvalue weighted by Gasteiger charge is -2.09. The summed E-state index contributed by atoms with van der Waals surface area (Å²) in [5.74, 6) is 2.09. The number of nitrogens with zero attached hydrogens (tertiary/aromatic N) is 2. The number of nitrogens with one attached hydrogen (secondary N) is 1. The molecule has 0 spiro atoms. The molecule has 0 aliphatic carbocycles. The highest BCUT2D eigenvalue weighted by molar-refractivity contribution is 5.95. The molecule has 144 valence electrons. The van der Waals surface area contributed by atoms with Crippen LogP contribution in [0.2, 0.25) is 0 Å². The minimum absolute atomic E-state index is 0.0945. The summed E-state index contributed by atoms with van der Waals surface area (Å²) in [6, 6.07) is 18.1. The Balaban J connectivity index is 1.70. The third-order valence-corrected chi connectivity index (χ3v) is 4.01. The Morgan fingerprint density at radius 2 is 1.75 bits per heavy atom. The van der Waals surface area contributed by atoms with Crippen molar-refractivity contribution >= 4 is 5.91 Å². The summed E-state index contributed by atoms with van der Waals surface area (Å²) in [7, 11) is 1.61. The summed E-state index contributed by atoms with van der Waals surface area (Å²) in [6.45, 7) is 4.75. The predicted octanol–water partition coefficient (Wildman–Crippen LogP) is 4.33. The fourth-order valence-corrected chi connectivity index (χ4v) is 2.51. The molecule has 28 heavy (non-hydrogen) atoms. The van der Waals surface area contributed by atoms with Gasteiger partial charge in [-0.3, -0.25) is 4.79 Å². The van der Waals surface area contributed by atoms with Gasteiger partial charge in [-0.2, -0.15) is 0 Å². The van der Waals surface area contributed by atoms with E-state index in [2.05, 4.69) is 29.4 Å². The lowest BCUT2D eigenvalue weighted by molar-refractivity contribution is 0.0949. The third-order valence-electron chi connectivity index (χ3n) is 4.01. The molecule has 0 saturated carbocycles. The van der Waals surface area contributed by atoms with Crippen molar-refractivity contribution < 1.29 is 14.3 Å². The van der Waals surface area contributed by atoms with Crippen LogP contribution >= 0.6 is 0 Å². The van der Waals surface area contributed by atoms with Crippen molar-refractivity contribution in [2.45, 2.75) is 13.8 Å². The molecular weight excluding hydrogens is 354 g/mol. The zero-order chi connectivity index (χ0) is 19.9. The van der Waals surface area contributed by atoms with Crippen LogP contribution in [-0.2, 0) is 0 Å². The lowest BCUT2D eigenvalue weighted by Crippen LogP contribution is -2.27. The van der Waals surface area contributed by atoms with E-state index in [1.807, 2.05) is 36.4 Å². The second kappa shape index (κ2) is 8.99. The standard InChI is InChI=1S/C22H23N3O3/c1-15(2)14-23-22(26)17-6-4-5-16(13-17)20-11-12-21(25-24-20)28-19-9-7-18(27-3)8-10-19/h4-13,15H,14H2,1-3H3,(H,23,26). The predicted molar refractivity (Wildman–Crippen MR) is 108 cm³/mol. The molecule has 1 amide bonds. The number of rotatable bonds is 7. The minimum atomic E-state index is -0.0945. The van der Waals surface area contributed by atoms with Gasteiger partial charge in [0.15, 0.2) is 0 Å². The Morgan fingerprint density at radius 3 is 2.39 bits per heavy atom. The third kappa shape index (κ3) is 5.07. The van der Waals surface area contributed by atoms with E-state index >= 15 is 0 Å². The van der Waals surface area contributed by atoms with Crippen LogP contribution in [0.15, 0.2) is 60.7 Å². The summed E-state index contributed by atoms with van der Waals surface area (Å²) in [6.07, 6.45) is 0. The fraction of sp³-hybridized carbons (Fsp3) is 0.227. The summed E-state index contributed by atoms with van der Waals surface area (Å²) >= 11 is 0. The molecule has 0 saturated heterocycles. The van der Waals surface area contributed by atoms with Crippen molar-refractivity contribution in [2.24, 2.45) is 5.92 Å². The van der Waals surface area contributed by atoms with Crippen LogP contribution < -0.4 is 14.8 Å². The average molecular weight is 377 g/mol. The van der Waals surface area contributed by atoms with Crippen LogP contribution in [0.1, 0.15) is 24.2 Å². The number of carbonyl (C=O) groups excluding carboxylic acids is 1. The van der Waals surface area contributed by atoms with Gasteiger partial charge in [-0.05, 0) is 48.4 Å². The maximum atomic E-state index is 12.3. The first-order valence-electron chi connectivity index (χ1n) is 9.09. The number of hydrogen-bond acceptors (Lipinski definition) is 5. The van der Waals surface area contributed by atoms with E-state index in [-0.39, 0.29) is 5.91 Å². The second-order valence-corrected chi connectivity index (χ2v) is 6.72. The van der Waals surface area contributed by atoms with Crippen molar-refractivity contribution in [1.29, 1.82) is 0 Å². The second-order valence-electron chi connectivity index (χ2n) is 6.72. The van der Waals surface area contributed by atoms with Gasteiger partial charge >= 0.3 is 0 Å². The van der Waals surface area contributed by atoms with Crippen molar-refractivity contribution in [2.75, 3.05) is 13.7 Å². The summed E-state index contributed by atoms with van der Waals surface area (Å²) in [5.41, 5.74) is 2.08. The van der Waals surface area contributed by atoms with Gasteiger partial charge in [-0.1, -0.05) is 26.0 Å². The van der Waals surface area contributed by atoms with Gasteiger partial charge < -0.3 is 14.8 Å². The van der Waals surface area contributed by atoms with Crippen LogP contribution in [0, 0.1) is 5.92 Å². The normalized spacial score (nSPS) is 10.6. The zero-order valence-corrected chi connectivity index (χ0v) is 16.2. The van der Waals surface area contributed by atoms with Gasteiger partial charge in [0.25, 0.3) is 5.91 Å². The van der Waals surface area contributed by atoms with Crippen molar-refractivity contribution in [3.05, 3.63) is 66.2 Å². The number of methoxy groups -OCH3 is 1. The average Bonchev–Trinajstić information content (AvgIpc) is 2.73. The molecule has 1 heterocycles. The molecule has 0 aliphatic rings. The van der Waals surface area contributed by atoms with E-state index in [1.54, 1.807) is 31.4 Å². The zero-order valence-electron chi connectivity index (χ0n) is 16.2. The Kier molecular flexibility index (Phi) is 6.22. The van der Waals surface area contributed by atoms with E-state index < -0.39 is 0 Å². The van der Waals surface area contributed by atoms with E-state index in [4.69, 9.17) is 9.47 Å². The maximum Gasteiger partial charge on any atom is 0.251 e. The van der Waals surface area contributed by atoms with Gasteiger partial charge in [-0.15, -0.1) is 10.2 Å². The van der Waals surface area contributed by atoms with E-state index in [1.165, 1.54) is 0 Å². The molecule has 0 bridgehead atoms. The molecular formula is C22H23N3O3. The molecule has 0 atom stereocenters. The van der Waals surface area contributed by atoms with Crippen LogP contribution in [0.4, 0.5) is 0 Å². The summed E-state index contributed by atoms with van der Waals surface area (Å²) in [5, 5.41) is 11.3. The highest BCUT2D eigenvalue weighted by Crippen LogP contribution is 2.24. The van der Waals surface area contributed by atoms with Gasteiger partial charge in [0.2, 0.25) is 5.88 Å². The largest absolute Gasteiger partial charge is 0.497 e. The molecule has 2 aromatic carbocycles. The van der Waals surface area contributed by atoms with Crippen molar-refractivity contribution in [3.63, 3.8) is 0 Å². The lowest BCUT2D eigenvalue weighted by atomic mass is 10.1. The monoisotopic (exact) mass is 377 g/mol. The van der Waals surface area contributed by atoms with Gasteiger partial charge in [0.1, 0.15) is 11.5 Å². The molecule has 0 unspecified atom stereocenters. The topological polar surface area (TPSA) is 73.3 Å². The first kappa shape index (κ1) is 19.4. The van der Waals surface area contributed by atoms with Crippen LogP contribution in [0.25, 0.3) is 11.3 Å². The number of carbonyl (C=O) groups is 1. The number of amides is 1. The number of hydrogen-bond donors (Lipinski definition) is 1. The Labute approximate surface area is 164 Å². The maximum absolute atomic E-state index is 12.3. The van der Waals surface area contributed by atoms with E-state index in [0.29, 0.717) is 35.3 Å². The first-order chi connectivity index (χ1) is 13.5. The van der Waals surface area contributed by atoms with Crippen LogP contribution in [0.3, 0.4) is 0 Å². The summed E-state index contributed by atoms with van der Waals surface area (Å²) in [4.78, 5) is 12.3. The SMILES string of the molecule is COc1ccc(Oc2ccc(-c3cccc(C(=O)NCC(C)C)c3)nn2)cc1. The van der Waals surface area contributed by atoms with E-state index in [9.17, 15) is 4.79 Å². The minimum Gasteiger partial charge on any atom is -0.497 e. The molecule has 3 aromatic rings. The molecule has 0 fully saturated rings. The highest BCUT2D eigenvalue weighted by atomic mass is 16.5. The van der Waals surface area contributed by atoms with Gasteiger partial charge in [0, 0.05) is 23.7 Å². The van der Waals surface area contributed by atoms with Gasteiger partial charge in [0.05, 0.1) is 12.8 Å². The number of aromatic nitrogens is 2. The Bertz CT molecular complexity index is 923. The fourth-order valence-electron chi connectivity index (χ4n) is 2.51. The molecule has 1 N–H and O–H groups in total. The van der Waals surface area contributed by atoms with E-state index in [0.717, 1.165) is 11.3 Å². The Morgan fingerprint density at radius 1 is 1.00 bits per heavy atom. The summed E-state index contributed by atoms with van der Waals surface area (Å²) < 4.78 is 10.8. The smallest absolute Gasteiger partial charge is 0.251 e. The number of benzene rings is 2. The Hall–Kier alpha value is -3.41. The van der Waals surface area contributed by atoms with Crippen LogP contribution in [-0.4, -0.2) is 29.8 Å². The molecule has 0 aliphatic heterocycles. The highest BCUT2D eigenvalue weighted by Gasteiger charge is 2.09.